The van der Waals surface area contributed by atoms with Crippen molar-refractivity contribution < 1.29 is 57.2 Å². The molecule has 2 aromatic carbocycles. The highest BCUT2D eigenvalue weighted by Crippen LogP contribution is 2.22. The molecule has 0 aliphatic carbocycles. The largest absolute Gasteiger partial charge is 0.480 e. The fourth-order valence-corrected chi connectivity index (χ4v) is 3.68. The smallest absolute Gasteiger partial charge is 0.326 e. The second kappa shape index (κ2) is 23.0. The van der Waals surface area contributed by atoms with Gasteiger partial charge in [-0.05, 0) is 48.4 Å². The molecule has 0 heterocycles. The van der Waals surface area contributed by atoms with Gasteiger partial charge in [-0.15, -0.1) is 0 Å². The number of rotatable bonds is 25. The molecule has 15 heteroatoms. The maximum atomic E-state index is 13.0. The van der Waals surface area contributed by atoms with Gasteiger partial charge >= 0.3 is 5.97 Å². The molecule has 0 radical (unpaired) electrons. The summed E-state index contributed by atoms with van der Waals surface area (Å²) < 4.78 is 39.3. The molecular weight excluding hydrogens is 609 g/mol. The van der Waals surface area contributed by atoms with Crippen molar-refractivity contribution in [2.45, 2.75) is 25.3 Å². The predicted octanol–water partition coefficient (Wildman–Crippen LogP) is 1.01. The van der Waals surface area contributed by atoms with Crippen LogP contribution in [-0.4, -0.2) is 107 Å². The van der Waals surface area contributed by atoms with Crippen LogP contribution in [0, 0.1) is 5.82 Å². The molecule has 2 rings (SSSR count). The highest BCUT2D eigenvalue weighted by atomic mass is 19.1. The highest BCUT2D eigenvalue weighted by Gasteiger charge is 2.21. The molecule has 0 unspecified atom stereocenters. The third-order valence-corrected chi connectivity index (χ3v) is 5.93. The summed E-state index contributed by atoms with van der Waals surface area (Å²) in [4.78, 5) is 57.9. The number of ether oxygens (including phenoxy) is 5. The predicted molar refractivity (Wildman–Crippen MR) is 161 cm³/mol. The summed E-state index contributed by atoms with van der Waals surface area (Å²) in [6.45, 7) is 1.81. The molecule has 0 aromatic heterocycles. The molecule has 0 saturated carbocycles. The van der Waals surface area contributed by atoms with E-state index in [1.807, 2.05) is 0 Å². The van der Waals surface area contributed by atoms with E-state index in [0.29, 0.717) is 49.7 Å². The first kappa shape index (κ1) is 37.7. The summed E-state index contributed by atoms with van der Waals surface area (Å²) >= 11 is 0. The Morgan fingerprint density at radius 1 is 0.739 bits per heavy atom. The molecular formula is C31H40FN3O11. The molecule has 0 saturated heterocycles. The third kappa shape index (κ3) is 17.8. The summed E-state index contributed by atoms with van der Waals surface area (Å²) in [5.41, 5.74) is 0.622. The number of aliphatic carboxylic acids is 1. The van der Waals surface area contributed by atoms with Gasteiger partial charge in [-0.3, -0.25) is 14.4 Å². The summed E-state index contributed by atoms with van der Waals surface area (Å²) in [6, 6.07) is 10.9. The molecule has 2 aromatic rings. The van der Waals surface area contributed by atoms with Crippen LogP contribution in [-0.2, 0) is 49.3 Å². The van der Waals surface area contributed by atoms with Gasteiger partial charge in [0, 0.05) is 19.5 Å². The van der Waals surface area contributed by atoms with E-state index in [1.54, 1.807) is 24.3 Å². The monoisotopic (exact) mass is 649 g/mol. The van der Waals surface area contributed by atoms with E-state index in [1.165, 1.54) is 24.3 Å². The maximum Gasteiger partial charge on any atom is 0.326 e. The Bertz CT molecular complexity index is 1210. The Kier molecular flexibility index (Phi) is 18.9. The van der Waals surface area contributed by atoms with E-state index in [2.05, 4.69) is 16.0 Å². The first-order valence-corrected chi connectivity index (χ1v) is 14.6. The van der Waals surface area contributed by atoms with Crippen LogP contribution >= 0.6 is 0 Å². The van der Waals surface area contributed by atoms with Gasteiger partial charge in [0.2, 0.25) is 17.7 Å². The van der Waals surface area contributed by atoms with Gasteiger partial charge in [-0.1, -0.05) is 12.1 Å². The SMILES string of the molecule is O=CCOCCOCCNC(=O)COCCOCCNC(=O)CC[C@H](NC(=O)Cc1ccc(Oc2ccc(F)cc2)cc1)C(=O)O. The number of nitrogens with one attached hydrogen (secondary N) is 3. The normalized spacial score (nSPS) is 11.3. The summed E-state index contributed by atoms with van der Waals surface area (Å²) in [7, 11) is 0. The molecule has 0 aliphatic heterocycles. The topological polar surface area (TPSA) is 188 Å². The van der Waals surface area contributed by atoms with Crippen molar-refractivity contribution in [1.29, 1.82) is 0 Å². The van der Waals surface area contributed by atoms with E-state index in [0.717, 1.165) is 0 Å². The summed E-state index contributed by atoms with van der Waals surface area (Å²) in [5, 5.41) is 17.1. The van der Waals surface area contributed by atoms with Crippen molar-refractivity contribution >= 4 is 30.0 Å². The van der Waals surface area contributed by atoms with E-state index in [9.17, 15) is 33.5 Å². The van der Waals surface area contributed by atoms with Crippen molar-refractivity contribution in [3.63, 3.8) is 0 Å². The number of carbonyl (C=O) groups excluding carboxylic acids is 4. The second-order valence-corrected chi connectivity index (χ2v) is 9.59. The Morgan fingerprint density at radius 2 is 1.30 bits per heavy atom. The highest BCUT2D eigenvalue weighted by molar-refractivity contribution is 5.85. The van der Waals surface area contributed by atoms with Gasteiger partial charge in [0.25, 0.3) is 0 Å². The van der Waals surface area contributed by atoms with E-state index < -0.39 is 23.8 Å². The molecule has 252 valence electrons. The number of aldehydes is 1. The molecule has 14 nitrogen and oxygen atoms in total. The van der Waals surface area contributed by atoms with Crippen LogP contribution in [0.2, 0.25) is 0 Å². The molecule has 0 spiro atoms. The van der Waals surface area contributed by atoms with Crippen molar-refractivity contribution in [3.05, 3.63) is 59.9 Å². The zero-order chi connectivity index (χ0) is 33.4. The number of carboxylic acid groups (broad SMARTS) is 1. The molecule has 0 aliphatic rings. The van der Waals surface area contributed by atoms with Gasteiger partial charge in [0.15, 0.2) is 0 Å². The third-order valence-electron chi connectivity index (χ3n) is 5.93. The van der Waals surface area contributed by atoms with Crippen LogP contribution in [0.25, 0.3) is 0 Å². The molecule has 46 heavy (non-hydrogen) atoms. The average molecular weight is 650 g/mol. The van der Waals surface area contributed by atoms with Crippen LogP contribution < -0.4 is 20.7 Å². The van der Waals surface area contributed by atoms with Gasteiger partial charge in [0.05, 0.1) is 46.1 Å². The number of hydrogen-bond donors (Lipinski definition) is 4. The first-order valence-electron chi connectivity index (χ1n) is 14.6. The van der Waals surface area contributed by atoms with E-state index in [-0.39, 0.29) is 70.6 Å². The van der Waals surface area contributed by atoms with Crippen molar-refractivity contribution in [1.82, 2.24) is 16.0 Å². The van der Waals surface area contributed by atoms with Crippen molar-refractivity contribution in [2.24, 2.45) is 0 Å². The lowest BCUT2D eigenvalue weighted by Crippen LogP contribution is -2.42. The fourth-order valence-electron chi connectivity index (χ4n) is 3.68. The van der Waals surface area contributed by atoms with Crippen LogP contribution in [0.15, 0.2) is 48.5 Å². The van der Waals surface area contributed by atoms with E-state index >= 15 is 0 Å². The number of halogens is 1. The van der Waals surface area contributed by atoms with Crippen LogP contribution in [0.4, 0.5) is 4.39 Å². The lowest BCUT2D eigenvalue weighted by molar-refractivity contribution is -0.142. The minimum Gasteiger partial charge on any atom is -0.480 e. The standard InChI is InChI=1S/C31H40FN3O11/c32-24-3-7-26(8-4-24)46-25-5-1-23(2-6-25)21-29(38)35-27(31(40)41)9-10-28(37)33-11-14-43-19-20-45-22-30(39)34-12-15-42-17-18-44-16-13-36/h1-8,13,27H,9-12,14-22H2,(H,33,37)(H,34,39)(H,35,38)(H,40,41)/t27-/m0/s1. The summed E-state index contributed by atoms with van der Waals surface area (Å²) in [5.74, 6) is -1.93. The van der Waals surface area contributed by atoms with Crippen LogP contribution in [0.3, 0.4) is 0 Å². The van der Waals surface area contributed by atoms with Gasteiger partial charge in [-0.2, -0.15) is 0 Å². The fraction of sp³-hybridized carbons (Fsp3) is 0.452. The van der Waals surface area contributed by atoms with Gasteiger partial charge in [-0.25, -0.2) is 9.18 Å². The lowest BCUT2D eigenvalue weighted by atomic mass is 10.1. The zero-order valence-electron chi connectivity index (χ0n) is 25.4. The van der Waals surface area contributed by atoms with Crippen LogP contribution in [0.1, 0.15) is 18.4 Å². The second-order valence-electron chi connectivity index (χ2n) is 9.59. The number of carbonyl (C=O) groups is 5. The Labute approximate surface area is 265 Å². The summed E-state index contributed by atoms with van der Waals surface area (Å²) in [6.07, 6.45) is 0.354. The minimum atomic E-state index is -1.26. The molecule has 3 amide bonds. The maximum absolute atomic E-state index is 13.0. The Balaban J connectivity index is 1.51. The zero-order valence-corrected chi connectivity index (χ0v) is 25.4. The van der Waals surface area contributed by atoms with Gasteiger partial charge in [0.1, 0.15) is 42.9 Å². The molecule has 4 N–H and O–H groups in total. The number of benzene rings is 2. The van der Waals surface area contributed by atoms with Gasteiger partial charge < -0.3 is 49.5 Å². The van der Waals surface area contributed by atoms with Crippen molar-refractivity contribution in [3.8, 4) is 11.5 Å². The Hall–Kier alpha value is -4.44. The molecule has 0 bridgehead atoms. The average Bonchev–Trinajstić information content (AvgIpc) is 3.03. The van der Waals surface area contributed by atoms with Crippen LogP contribution in [0.5, 0.6) is 11.5 Å². The quantitative estimate of drug-likeness (QED) is 0.0888. The number of hydrogen-bond acceptors (Lipinski definition) is 10. The number of carboxylic acids is 1. The van der Waals surface area contributed by atoms with E-state index in [4.69, 9.17) is 23.7 Å². The number of amides is 3. The lowest BCUT2D eigenvalue weighted by Gasteiger charge is -2.15. The van der Waals surface area contributed by atoms with Crippen molar-refractivity contribution in [2.75, 3.05) is 65.9 Å². The minimum absolute atomic E-state index is 0.0208. The molecule has 0 fully saturated rings. The molecule has 1 atom stereocenters. The Morgan fingerprint density at radius 3 is 1.91 bits per heavy atom. The first-order chi connectivity index (χ1) is 22.3.